The second-order valence-corrected chi connectivity index (χ2v) is 7.38. The van der Waals surface area contributed by atoms with Crippen LogP contribution in [-0.4, -0.2) is 48.3 Å². The molecule has 1 fully saturated rings. The van der Waals surface area contributed by atoms with Gasteiger partial charge in [0.1, 0.15) is 0 Å². The largest absolute Gasteiger partial charge is 0.503 e. The maximum absolute atomic E-state index is 12.6. The summed E-state index contributed by atoms with van der Waals surface area (Å²) in [6, 6.07) is 9.68. The van der Waals surface area contributed by atoms with Crippen molar-refractivity contribution in [1.29, 1.82) is 0 Å². The van der Waals surface area contributed by atoms with E-state index in [1.54, 1.807) is 49.5 Å². The van der Waals surface area contributed by atoms with Gasteiger partial charge >= 0.3 is 5.97 Å². The number of aromatic hydroxyl groups is 1. The average Bonchev–Trinajstić information content (AvgIpc) is 2.98. The third-order valence-corrected chi connectivity index (χ3v) is 5.43. The Hall–Kier alpha value is -2.97. The highest BCUT2D eigenvalue weighted by Gasteiger charge is 2.30. The molecule has 0 aliphatic carbocycles. The Morgan fingerprint density at radius 2 is 1.93 bits per heavy atom. The molecule has 0 atom stereocenters. The van der Waals surface area contributed by atoms with Crippen LogP contribution in [0.25, 0.3) is 6.08 Å². The molecule has 0 radical (unpaired) electrons. The summed E-state index contributed by atoms with van der Waals surface area (Å²) >= 11 is 7.22. The molecule has 9 heteroatoms. The number of amidine groups is 1. The van der Waals surface area contributed by atoms with Gasteiger partial charge in [-0.2, -0.15) is 0 Å². The van der Waals surface area contributed by atoms with Crippen LogP contribution in [0.5, 0.6) is 11.5 Å². The summed E-state index contributed by atoms with van der Waals surface area (Å²) in [4.78, 5) is 30.4. The third-order valence-electron chi connectivity index (χ3n) is 4.09. The number of hydrogen-bond donors (Lipinski definition) is 1. The molecule has 1 saturated heterocycles. The van der Waals surface area contributed by atoms with Crippen molar-refractivity contribution in [1.82, 2.24) is 4.90 Å². The third kappa shape index (κ3) is 4.38. The van der Waals surface area contributed by atoms with Crippen molar-refractivity contribution in [3.8, 4) is 11.5 Å². The summed E-state index contributed by atoms with van der Waals surface area (Å²) in [5, 5.41) is 10.5. The number of nitrogens with zero attached hydrogens (tertiary/aromatic N) is 2. The minimum absolute atomic E-state index is 0.125. The average molecular weight is 433 g/mol. The number of hydrogen-bond acceptors (Lipinski definition) is 7. The van der Waals surface area contributed by atoms with Crippen LogP contribution in [-0.2, 0) is 9.53 Å². The standard InChI is InChI=1S/C20H17ClN2O5S/c1-23-18(25)16(10-11-8-14(21)17(24)15(9-11)27-2)29-20(23)22-13-6-4-12(5-7-13)19(26)28-3/h4-10,24H,1-3H3. The fourth-order valence-electron chi connectivity index (χ4n) is 2.54. The predicted octanol–water partition coefficient (Wildman–Crippen LogP) is 4.07. The number of carbonyl (C=O) groups is 2. The Morgan fingerprint density at radius 1 is 1.24 bits per heavy atom. The Morgan fingerprint density at radius 3 is 2.55 bits per heavy atom. The summed E-state index contributed by atoms with van der Waals surface area (Å²) in [7, 11) is 4.36. The lowest BCUT2D eigenvalue weighted by molar-refractivity contribution is -0.121. The second-order valence-electron chi connectivity index (χ2n) is 5.96. The first-order valence-electron chi connectivity index (χ1n) is 8.35. The molecular formula is C20H17ClN2O5S. The number of rotatable bonds is 4. The van der Waals surface area contributed by atoms with E-state index in [0.29, 0.717) is 26.9 Å². The van der Waals surface area contributed by atoms with E-state index >= 15 is 0 Å². The van der Waals surface area contributed by atoms with E-state index in [1.807, 2.05) is 0 Å². The van der Waals surface area contributed by atoms with Crippen LogP contribution in [0.3, 0.4) is 0 Å². The lowest BCUT2D eigenvalue weighted by Crippen LogP contribution is -2.23. The van der Waals surface area contributed by atoms with Crippen LogP contribution in [0.1, 0.15) is 15.9 Å². The predicted molar refractivity (Wildman–Crippen MR) is 113 cm³/mol. The number of amides is 1. The van der Waals surface area contributed by atoms with Crippen LogP contribution < -0.4 is 4.74 Å². The number of thioether (sulfide) groups is 1. The quantitative estimate of drug-likeness (QED) is 0.578. The highest BCUT2D eigenvalue weighted by molar-refractivity contribution is 8.18. The smallest absolute Gasteiger partial charge is 0.337 e. The van der Waals surface area contributed by atoms with Gasteiger partial charge in [0.2, 0.25) is 0 Å². The summed E-state index contributed by atoms with van der Waals surface area (Å²) in [5.41, 5.74) is 1.62. The number of phenols is 1. The van der Waals surface area contributed by atoms with Crippen molar-refractivity contribution in [2.75, 3.05) is 21.3 Å². The van der Waals surface area contributed by atoms with Crippen molar-refractivity contribution in [2.45, 2.75) is 0 Å². The van der Waals surface area contributed by atoms with Gasteiger partial charge in [-0.05, 0) is 59.8 Å². The van der Waals surface area contributed by atoms with Crippen molar-refractivity contribution < 1.29 is 24.2 Å². The van der Waals surface area contributed by atoms with Crippen LogP contribution >= 0.6 is 23.4 Å². The SMILES string of the molecule is COC(=O)c1ccc(N=C2SC(=Cc3cc(Cl)c(O)c(OC)c3)C(=O)N2C)cc1. The molecule has 1 N–H and O–H groups in total. The molecule has 0 aromatic heterocycles. The summed E-state index contributed by atoms with van der Waals surface area (Å²) < 4.78 is 9.76. The first kappa shape index (κ1) is 20.8. The van der Waals surface area contributed by atoms with Gasteiger partial charge in [0.05, 0.1) is 35.4 Å². The molecule has 1 amide bonds. The van der Waals surface area contributed by atoms with Crippen molar-refractivity contribution >= 4 is 52.2 Å². The van der Waals surface area contributed by atoms with E-state index < -0.39 is 5.97 Å². The number of halogens is 1. The maximum Gasteiger partial charge on any atom is 0.337 e. The monoisotopic (exact) mass is 432 g/mol. The minimum Gasteiger partial charge on any atom is -0.503 e. The van der Waals surface area contributed by atoms with Crippen molar-refractivity contribution in [3.63, 3.8) is 0 Å². The zero-order valence-electron chi connectivity index (χ0n) is 15.8. The molecule has 1 aliphatic heterocycles. The Balaban J connectivity index is 1.88. The van der Waals surface area contributed by atoms with Gasteiger partial charge in [-0.25, -0.2) is 9.79 Å². The number of methoxy groups -OCH3 is 2. The lowest BCUT2D eigenvalue weighted by Gasteiger charge is -2.07. The number of aliphatic imine (C=N–C) groups is 1. The molecule has 150 valence electrons. The molecule has 2 aromatic carbocycles. The first-order valence-corrected chi connectivity index (χ1v) is 9.54. The molecule has 3 rings (SSSR count). The normalized spacial score (nSPS) is 16.6. The van der Waals surface area contributed by atoms with E-state index in [9.17, 15) is 14.7 Å². The van der Waals surface area contributed by atoms with Crippen LogP contribution in [0.2, 0.25) is 5.02 Å². The van der Waals surface area contributed by atoms with Gasteiger partial charge in [-0.1, -0.05) is 11.6 Å². The number of ether oxygens (including phenoxy) is 2. The number of phenolic OH excluding ortho intramolecular Hbond substituents is 1. The van der Waals surface area contributed by atoms with Crippen LogP contribution in [0.15, 0.2) is 46.3 Å². The molecule has 0 bridgehead atoms. The number of benzene rings is 2. The Labute approximate surface area is 176 Å². The molecular weight excluding hydrogens is 416 g/mol. The van der Waals surface area contributed by atoms with E-state index in [-0.39, 0.29) is 22.4 Å². The molecule has 0 unspecified atom stereocenters. The summed E-state index contributed by atoms with van der Waals surface area (Å²) in [6.07, 6.45) is 1.65. The van der Waals surface area contributed by atoms with Crippen LogP contribution in [0, 0.1) is 0 Å². The fraction of sp³-hybridized carbons (Fsp3) is 0.150. The van der Waals surface area contributed by atoms with Gasteiger partial charge in [0.15, 0.2) is 16.7 Å². The number of likely N-dealkylation sites (N-methyl/N-ethyl adjacent to an activating group) is 1. The number of esters is 1. The van der Waals surface area contributed by atoms with Gasteiger partial charge in [0, 0.05) is 7.05 Å². The molecule has 29 heavy (non-hydrogen) atoms. The van der Waals surface area contributed by atoms with Crippen molar-refractivity contribution in [3.05, 3.63) is 57.5 Å². The first-order chi connectivity index (χ1) is 13.8. The van der Waals surface area contributed by atoms with Gasteiger partial charge < -0.3 is 14.6 Å². The summed E-state index contributed by atoms with van der Waals surface area (Å²) in [6.45, 7) is 0. The Bertz CT molecular complexity index is 1030. The molecule has 7 nitrogen and oxygen atoms in total. The maximum atomic E-state index is 12.6. The molecule has 0 spiro atoms. The van der Waals surface area contributed by atoms with Crippen molar-refractivity contribution in [2.24, 2.45) is 4.99 Å². The van der Waals surface area contributed by atoms with Crippen LogP contribution in [0.4, 0.5) is 5.69 Å². The number of carbonyl (C=O) groups excluding carboxylic acids is 2. The van der Waals surface area contributed by atoms with E-state index in [2.05, 4.69) is 9.73 Å². The second kappa shape index (κ2) is 8.59. The van der Waals surface area contributed by atoms with Gasteiger partial charge in [-0.15, -0.1) is 0 Å². The minimum atomic E-state index is -0.431. The zero-order chi connectivity index (χ0) is 21.1. The van der Waals surface area contributed by atoms with E-state index in [4.69, 9.17) is 16.3 Å². The highest BCUT2D eigenvalue weighted by Crippen LogP contribution is 2.38. The molecule has 2 aromatic rings. The summed E-state index contributed by atoms with van der Waals surface area (Å²) in [5.74, 6) is -0.590. The highest BCUT2D eigenvalue weighted by atomic mass is 35.5. The topological polar surface area (TPSA) is 88.4 Å². The molecule has 1 aliphatic rings. The Kier molecular flexibility index (Phi) is 6.14. The van der Waals surface area contributed by atoms with E-state index in [0.717, 1.165) is 0 Å². The zero-order valence-corrected chi connectivity index (χ0v) is 17.4. The van der Waals surface area contributed by atoms with Gasteiger partial charge in [0.25, 0.3) is 5.91 Å². The molecule has 0 saturated carbocycles. The van der Waals surface area contributed by atoms with Gasteiger partial charge in [-0.3, -0.25) is 9.69 Å². The molecule has 1 heterocycles. The van der Waals surface area contributed by atoms with E-state index in [1.165, 1.54) is 30.9 Å². The fourth-order valence-corrected chi connectivity index (χ4v) is 3.74. The lowest BCUT2D eigenvalue weighted by atomic mass is 10.2.